The maximum atomic E-state index is 12.3. The predicted molar refractivity (Wildman–Crippen MR) is 102 cm³/mol. The summed E-state index contributed by atoms with van der Waals surface area (Å²) in [6, 6.07) is 23.3. The van der Waals surface area contributed by atoms with Crippen molar-refractivity contribution in [1.82, 2.24) is 5.32 Å². The fourth-order valence-corrected chi connectivity index (χ4v) is 3.03. The molecule has 0 aliphatic rings. The topological polar surface area (TPSA) is 51.5 Å². The van der Waals surface area contributed by atoms with Gasteiger partial charge in [-0.1, -0.05) is 54.6 Å². The lowest BCUT2D eigenvalue weighted by Gasteiger charge is -2.13. The van der Waals surface area contributed by atoms with E-state index in [4.69, 9.17) is 9.15 Å². The van der Waals surface area contributed by atoms with Crippen LogP contribution in [0.4, 0.5) is 0 Å². The van der Waals surface area contributed by atoms with Gasteiger partial charge >= 0.3 is 0 Å². The Kier molecular flexibility index (Phi) is 4.32. The van der Waals surface area contributed by atoms with Gasteiger partial charge in [0.05, 0.1) is 6.04 Å². The van der Waals surface area contributed by atoms with Crippen LogP contribution in [0.15, 0.2) is 77.2 Å². The first-order valence-electron chi connectivity index (χ1n) is 8.59. The van der Waals surface area contributed by atoms with Crippen LogP contribution in [0.1, 0.15) is 18.7 Å². The van der Waals surface area contributed by atoms with Crippen molar-refractivity contribution in [3.63, 3.8) is 0 Å². The number of amides is 1. The van der Waals surface area contributed by atoms with Crippen LogP contribution in [-0.2, 0) is 4.79 Å². The van der Waals surface area contributed by atoms with Gasteiger partial charge in [0.1, 0.15) is 17.1 Å². The molecule has 1 amide bonds. The first-order chi connectivity index (χ1) is 12.7. The van der Waals surface area contributed by atoms with Gasteiger partial charge in [0.2, 0.25) is 0 Å². The Morgan fingerprint density at radius 3 is 2.58 bits per heavy atom. The summed E-state index contributed by atoms with van der Waals surface area (Å²) < 4.78 is 11.5. The van der Waals surface area contributed by atoms with Crippen LogP contribution in [0.2, 0.25) is 0 Å². The number of para-hydroxylation sites is 1. The number of hydrogen-bond donors (Lipinski definition) is 1. The van der Waals surface area contributed by atoms with Gasteiger partial charge in [-0.05, 0) is 30.5 Å². The number of ether oxygens (including phenoxy) is 1. The van der Waals surface area contributed by atoms with Crippen LogP contribution < -0.4 is 10.1 Å². The van der Waals surface area contributed by atoms with E-state index in [0.29, 0.717) is 5.75 Å². The van der Waals surface area contributed by atoms with Gasteiger partial charge in [0.15, 0.2) is 6.61 Å². The van der Waals surface area contributed by atoms with Crippen molar-refractivity contribution in [2.24, 2.45) is 0 Å². The standard InChI is InChI=1S/C22H19NO3/c1-15(21-13-17-8-3-5-11-19(17)26-21)23-22(24)14-25-20-12-6-9-16-7-2-4-10-18(16)20/h2-13,15H,14H2,1H3,(H,23,24)/t15-/m1/s1. The molecule has 1 N–H and O–H groups in total. The molecule has 0 unspecified atom stereocenters. The second kappa shape index (κ2) is 6.92. The van der Waals surface area contributed by atoms with E-state index >= 15 is 0 Å². The summed E-state index contributed by atoms with van der Waals surface area (Å²) in [7, 11) is 0. The molecule has 4 rings (SSSR count). The molecular weight excluding hydrogens is 326 g/mol. The van der Waals surface area contributed by atoms with Gasteiger partial charge in [-0.2, -0.15) is 0 Å². The molecular formula is C22H19NO3. The van der Waals surface area contributed by atoms with Crippen molar-refractivity contribution < 1.29 is 13.9 Å². The summed E-state index contributed by atoms with van der Waals surface area (Å²) in [5.74, 6) is 1.24. The van der Waals surface area contributed by atoms with Gasteiger partial charge in [-0.25, -0.2) is 0 Å². The van der Waals surface area contributed by atoms with Crippen LogP contribution in [0.3, 0.4) is 0 Å². The zero-order chi connectivity index (χ0) is 17.9. The molecule has 0 aliphatic carbocycles. The molecule has 4 heteroatoms. The highest BCUT2D eigenvalue weighted by Gasteiger charge is 2.15. The molecule has 0 saturated carbocycles. The Morgan fingerprint density at radius 2 is 1.73 bits per heavy atom. The number of nitrogens with one attached hydrogen (secondary N) is 1. The Bertz CT molecular complexity index is 1030. The van der Waals surface area contributed by atoms with Crippen molar-refractivity contribution in [2.75, 3.05) is 6.61 Å². The second-order valence-electron chi connectivity index (χ2n) is 6.24. The minimum absolute atomic E-state index is 0.0431. The largest absolute Gasteiger partial charge is 0.483 e. The number of rotatable bonds is 5. The third kappa shape index (κ3) is 3.26. The first-order valence-corrected chi connectivity index (χ1v) is 8.59. The van der Waals surface area contributed by atoms with Gasteiger partial charge in [0.25, 0.3) is 5.91 Å². The molecule has 0 spiro atoms. The van der Waals surface area contributed by atoms with Crippen LogP contribution in [0.25, 0.3) is 21.7 Å². The second-order valence-corrected chi connectivity index (χ2v) is 6.24. The first kappa shape index (κ1) is 16.2. The Balaban J connectivity index is 1.42. The zero-order valence-electron chi connectivity index (χ0n) is 14.4. The monoisotopic (exact) mass is 345 g/mol. The number of benzene rings is 3. The summed E-state index contributed by atoms with van der Waals surface area (Å²) in [6.07, 6.45) is 0. The lowest BCUT2D eigenvalue weighted by atomic mass is 10.1. The van der Waals surface area contributed by atoms with Gasteiger partial charge in [0, 0.05) is 10.8 Å². The minimum Gasteiger partial charge on any atom is -0.483 e. The highest BCUT2D eigenvalue weighted by atomic mass is 16.5. The average Bonchev–Trinajstić information content (AvgIpc) is 3.11. The van der Waals surface area contributed by atoms with Crippen LogP contribution in [0.5, 0.6) is 5.75 Å². The Hall–Kier alpha value is -3.27. The lowest BCUT2D eigenvalue weighted by molar-refractivity contribution is -0.123. The van der Waals surface area contributed by atoms with Crippen LogP contribution in [-0.4, -0.2) is 12.5 Å². The third-order valence-electron chi connectivity index (χ3n) is 4.36. The summed E-state index contributed by atoms with van der Waals surface area (Å²) in [5.41, 5.74) is 0.815. The maximum absolute atomic E-state index is 12.3. The molecule has 1 heterocycles. The predicted octanol–water partition coefficient (Wildman–Crippen LogP) is 4.84. The summed E-state index contributed by atoms with van der Waals surface area (Å²) >= 11 is 0. The molecule has 26 heavy (non-hydrogen) atoms. The van der Waals surface area contributed by atoms with Crippen LogP contribution >= 0.6 is 0 Å². The van der Waals surface area contributed by atoms with E-state index in [0.717, 1.165) is 27.5 Å². The minimum atomic E-state index is -0.231. The fraction of sp³-hybridized carbons (Fsp3) is 0.136. The molecule has 0 aliphatic heterocycles. The van der Waals surface area contributed by atoms with Crippen molar-refractivity contribution in [1.29, 1.82) is 0 Å². The summed E-state index contributed by atoms with van der Waals surface area (Å²) in [4.78, 5) is 12.3. The molecule has 3 aromatic carbocycles. The molecule has 1 atom stereocenters. The molecule has 0 bridgehead atoms. The Labute approximate surface area is 151 Å². The highest BCUT2D eigenvalue weighted by molar-refractivity contribution is 5.88. The smallest absolute Gasteiger partial charge is 0.258 e. The van der Waals surface area contributed by atoms with Crippen molar-refractivity contribution in [2.45, 2.75) is 13.0 Å². The van der Waals surface area contributed by atoms with Gasteiger partial charge in [-0.15, -0.1) is 0 Å². The van der Waals surface area contributed by atoms with E-state index in [2.05, 4.69) is 5.32 Å². The van der Waals surface area contributed by atoms with E-state index < -0.39 is 0 Å². The number of carbonyl (C=O) groups is 1. The SMILES string of the molecule is C[C@@H](NC(=O)COc1cccc2ccccc12)c1cc2ccccc2o1. The normalized spacial score (nSPS) is 12.2. The molecule has 0 fully saturated rings. The lowest BCUT2D eigenvalue weighted by Crippen LogP contribution is -2.31. The van der Waals surface area contributed by atoms with E-state index in [1.54, 1.807) is 0 Å². The quantitative estimate of drug-likeness (QED) is 0.563. The highest BCUT2D eigenvalue weighted by Crippen LogP contribution is 2.25. The summed E-state index contributed by atoms with van der Waals surface area (Å²) in [6.45, 7) is 1.85. The third-order valence-corrected chi connectivity index (χ3v) is 4.36. The van der Waals surface area contributed by atoms with Gasteiger partial charge < -0.3 is 14.5 Å². The maximum Gasteiger partial charge on any atom is 0.258 e. The van der Waals surface area contributed by atoms with Crippen molar-refractivity contribution in [3.8, 4) is 5.75 Å². The number of carbonyl (C=O) groups excluding carboxylic acids is 1. The zero-order valence-corrected chi connectivity index (χ0v) is 14.4. The number of hydrogen-bond acceptors (Lipinski definition) is 3. The average molecular weight is 345 g/mol. The molecule has 1 aromatic heterocycles. The van der Waals surface area contributed by atoms with Crippen molar-refractivity contribution in [3.05, 3.63) is 78.6 Å². The van der Waals surface area contributed by atoms with E-state index in [9.17, 15) is 4.79 Å². The number of furan rings is 1. The molecule has 0 radical (unpaired) electrons. The van der Waals surface area contributed by atoms with Gasteiger partial charge in [-0.3, -0.25) is 4.79 Å². The van der Waals surface area contributed by atoms with Crippen LogP contribution in [0, 0.1) is 0 Å². The Morgan fingerprint density at radius 1 is 1.00 bits per heavy atom. The summed E-state index contributed by atoms with van der Waals surface area (Å²) in [5, 5.41) is 6.02. The molecule has 0 saturated heterocycles. The van der Waals surface area contributed by atoms with E-state index in [1.165, 1.54) is 0 Å². The van der Waals surface area contributed by atoms with Crippen molar-refractivity contribution >= 4 is 27.6 Å². The van der Waals surface area contributed by atoms with E-state index in [1.807, 2.05) is 79.7 Å². The molecule has 4 nitrogen and oxygen atoms in total. The van der Waals surface area contributed by atoms with E-state index in [-0.39, 0.29) is 18.6 Å². The molecule has 4 aromatic rings. The molecule has 130 valence electrons. The number of fused-ring (bicyclic) bond motifs is 2. The fourth-order valence-electron chi connectivity index (χ4n) is 3.03.